The summed E-state index contributed by atoms with van der Waals surface area (Å²) < 4.78 is 10.8. The molecule has 0 unspecified atom stereocenters. The van der Waals surface area contributed by atoms with Crippen molar-refractivity contribution >= 4 is 28.9 Å². The third kappa shape index (κ3) is 5.08. The number of nitrogens with zero attached hydrogens (tertiary/aromatic N) is 3. The van der Waals surface area contributed by atoms with Crippen molar-refractivity contribution in [2.24, 2.45) is 5.10 Å². The van der Waals surface area contributed by atoms with Crippen molar-refractivity contribution in [2.75, 3.05) is 38.3 Å². The number of aromatic nitrogens is 2. The van der Waals surface area contributed by atoms with E-state index in [0.29, 0.717) is 43.5 Å². The molecule has 1 aliphatic rings. The lowest BCUT2D eigenvalue weighted by atomic mass is 10.1. The predicted octanol–water partition coefficient (Wildman–Crippen LogP) is 1.50. The number of morpholine rings is 1. The van der Waals surface area contributed by atoms with E-state index < -0.39 is 5.56 Å². The minimum atomic E-state index is -0.493. The molecule has 0 atom stereocenters. The molecule has 9 nitrogen and oxygen atoms in total. The summed E-state index contributed by atoms with van der Waals surface area (Å²) in [5.41, 5.74) is 4.06. The van der Waals surface area contributed by atoms with Crippen LogP contribution in [-0.4, -0.2) is 59.6 Å². The average Bonchev–Trinajstić information content (AvgIpc) is 2.74. The standard InChI is InChI=1S/C18H20ClN5O4/c1-12(21-22-15-10-20-23-18(26)17(15)19)13-2-4-14(5-3-13)28-11-16(25)24-6-8-27-9-7-24/h2-5,10H,6-9,11H2,1H3,(H2,22,23,26)/b21-12-. The SMILES string of the molecule is C/C(=N/Nc1cn[nH]c(=O)c1Cl)c1ccc(OCC(=O)N2CCOCC2)cc1. The van der Waals surface area contributed by atoms with E-state index in [2.05, 4.69) is 20.7 Å². The van der Waals surface area contributed by atoms with E-state index in [1.54, 1.807) is 24.0 Å². The summed E-state index contributed by atoms with van der Waals surface area (Å²) in [5, 5.41) is 10.1. The molecule has 2 heterocycles. The van der Waals surface area contributed by atoms with Crippen molar-refractivity contribution in [3.8, 4) is 5.75 Å². The first-order valence-corrected chi connectivity index (χ1v) is 9.04. The number of halogens is 1. The van der Waals surface area contributed by atoms with Gasteiger partial charge in [-0.05, 0) is 36.8 Å². The van der Waals surface area contributed by atoms with E-state index >= 15 is 0 Å². The Kier molecular flexibility index (Phi) is 6.62. The van der Waals surface area contributed by atoms with Gasteiger partial charge in [0.2, 0.25) is 0 Å². The van der Waals surface area contributed by atoms with Crippen LogP contribution < -0.4 is 15.7 Å². The van der Waals surface area contributed by atoms with Gasteiger partial charge in [-0.25, -0.2) is 5.10 Å². The molecule has 1 aromatic heterocycles. The van der Waals surface area contributed by atoms with E-state index in [4.69, 9.17) is 21.1 Å². The number of hydrogen-bond donors (Lipinski definition) is 2. The van der Waals surface area contributed by atoms with Crippen molar-refractivity contribution in [2.45, 2.75) is 6.92 Å². The summed E-state index contributed by atoms with van der Waals surface area (Å²) >= 11 is 5.89. The molecular formula is C18H20ClN5O4. The van der Waals surface area contributed by atoms with Crippen LogP contribution in [0.3, 0.4) is 0 Å². The average molecular weight is 406 g/mol. The number of hydrazone groups is 1. The Balaban J connectivity index is 1.56. The molecule has 1 aliphatic heterocycles. The first-order valence-electron chi connectivity index (χ1n) is 8.67. The fraction of sp³-hybridized carbons (Fsp3) is 0.333. The number of nitrogens with one attached hydrogen (secondary N) is 2. The van der Waals surface area contributed by atoms with Gasteiger partial charge in [0.05, 0.1) is 25.1 Å². The third-order valence-electron chi connectivity index (χ3n) is 4.14. The van der Waals surface area contributed by atoms with Crippen molar-refractivity contribution < 1.29 is 14.3 Å². The molecular weight excluding hydrogens is 386 g/mol. The second-order valence-corrected chi connectivity index (χ2v) is 6.42. The zero-order valence-corrected chi connectivity index (χ0v) is 16.0. The van der Waals surface area contributed by atoms with Crippen LogP contribution in [0, 0.1) is 0 Å². The number of H-pyrrole nitrogens is 1. The van der Waals surface area contributed by atoms with Crippen LogP contribution in [0.25, 0.3) is 0 Å². The zero-order chi connectivity index (χ0) is 19.9. The second kappa shape index (κ2) is 9.34. The lowest BCUT2D eigenvalue weighted by Gasteiger charge is -2.26. The van der Waals surface area contributed by atoms with Gasteiger partial charge in [0.25, 0.3) is 11.5 Å². The summed E-state index contributed by atoms with van der Waals surface area (Å²) in [6.45, 7) is 4.10. The Labute approximate surface area is 166 Å². The minimum absolute atomic E-state index is 0.0119. The predicted molar refractivity (Wildman–Crippen MR) is 105 cm³/mol. The monoisotopic (exact) mass is 405 g/mol. The molecule has 28 heavy (non-hydrogen) atoms. The quantitative estimate of drug-likeness (QED) is 0.556. The van der Waals surface area contributed by atoms with Gasteiger partial charge >= 0.3 is 0 Å². The molecule has 0 spiro atoms. The first kappa shape index (κ1) is 19.8. The van der Waals surface area contributed by atoms with Crippen LogP contribution in [0.2, 0.25) is 5.02 Å². The molecule has 1 aromatic carbocycles. The van der Waals surface area contributed by atoms with Crippen molar-refractivity contribution in [1.82, 2.24) is 15.1 Å². The maximum absolute atomic E-state index is 12.1. The van der Waals surface area contributed by atoms with Crippen molar-refractivity contribution in [3.63, 3.8) is 0 Å². The molecule has 0 saturated carbocycles. The van der Waals surface area contributed by atoms with Gasteiger partial charge in [0, 0.05) is 13.1 Å². The van der Waals surface area contributed by atoms with Gasteiger partial charge < -0.3 is 14.4 Å². The number of carbonyl (C=O) groups excluding carboxylic acids is 1. The van der Waals surface area contributed by atoms with Gasteiger partial charge in [-0.15, -0.1) is 0 Å². The Morgan fingerprint density at radius 3 is 2.79 bits per heavy atom. The number of rotatable bonds is 6. The van der Waals surface area contributed by atoms with Crippen molar-refractivity contribution in [3.05, 3.63) is 51.4 Å². The number of amides is 1. The summed E-state index contributed by atoms with van der Waals surface area (Å²) in [6.07, 6.45) is 1.38. The number of anilines is 1. The number of ether oxygens (including phenoxy) is 2. The van der Waals surface area contributed by atoms with E-state index in [0.717, 1.165) is 5.56 Å². The zero-order valence-electron chi connectivity index (χ0n) is 15.3. The van der Waals surface area contributed by atoms with E-state index in [-0.39, 0.29) is 17.5 Å². The first-order chi connectivity index (χ1) is 13.5. The Morgan fingerprint density at radius 1 is 1.36 bits per heavy atom. The highest BCUT2D eigenvalue weighted by atomic mass is 35.5. The fourth-order valence-corrected chi connectivity index (χ4v) is 2.64. The lowest BCUT2D eigenvalue weighted by Crippen LogP contribution is -2.42. The molecule has 1 saturated heterocycles. The number of aromatic amines is 1. The number of carbonyl (C=O) groups is 1. The Morgan fingerprint density at radius 2 is 2.07 bits per heavy atom. The molecule has 0 radical (unpaired) electrons. The smallest absolute Gasteiger partial charge is 0.285 e. The van der Waals surface area contributed by atoms with Crippen LogP contribution in [0.4, 0.5) is 5.69 Å². The topological polar surface area (TPSA) is 109 Å². The second-order valence-electron chi connectivity index (χ2n) is 6.04. The van der Waals surface area contributed by atoms with E-state index in [1.165, 1.54) is 6.20 Å². The summed E-state index contributed by atoms with van der Waals surface area (Å²) in [6, 6.07) is 7.19. The molecule has 10 heteroatoms. The van der Waals surface area contributed by atoms with Crippen molar-refractivity contribution in [1.29, 1.82) is 0 Å². The van der Waals surface area contributed by atoms with Crippen LogP contribution in [0.5, 0.6) is 5.75 Å². The minimum Gasteiger partial charge on any atom is -0.484 e. The third-order valence-corrected chi connectivity index (χ3v) is 4.51. The van der Waals surface area contributed by atoms with Gasteiger partial charge in [-0.3, -0.25) is 15.0 Å². The summed E-state index contributed by atoms with van der Waals surface area (Å²) in [4.78, 5) is 25.2. The van der Waals surface area contributed by atoms with Crippen LogP contribution in [-0.2, 0) is 9.53 Å². The normalized spacial score (nSPS) is 14.6. The molecule has 3 rings (SSSR count). The molecule has 1 fully saturated rings. The molecule has 2 aromatic rings. The highest BCUT2D eigenvalue weighted by molar-refractivity contribution is 6.32. The maximum Gasteiger partial charge on any atom is 0.285 e. The Hall–Kier alpha value is -2.91. The van der Waals surface area contributed by atoms with Crippen LogP contribution in [0.15, 0.2) is 40.4 Å². The molecule has 0 aliphatic carbocycles. The van der Waals surface area contributed by atoms with Crippen LogP contribution in [0.1, 0.15) is 12.5 Å². The van der Waals surface area contributed by atoms with Gasteiger partial charge in [-0.2, -0.15) is 10.2 Å². The highest BCUT2D eigenvalue weighted by Crippen LogP contribution is 2.16. The molecule has 2 N–H and O–H groups in total. The lowest BCUT2D eigenvalue weighted by molar-refractivity contribution is -0.137. The summed E-state index contributed by atoms with van der Waals surface area (Å²) in [5.74, 6) is 0.533. The molecule has 0 bridgehead atoms. The number of benzene rings is 1. The largest absolute Gasteiger partial charge is 0.484 e. The molecule has 1 amide bonds. The van der Waals surface area contributed by atoms with Crippen LogP contribution >= 0.6 is 11.6 Å². The highest BCUT2D eigenvalue weighted by Gasteiger charge is 2.17. The maximum atomic E-state index is 12.1. The summed E-state index contributed by atoms with van der Waals surface area (Å²) in [7, 11) is 0. The van der Waals surface area contributed by atoms with E-state index in [1.807, 2.05) is 12.1 Å². The number of hydrogen-bond acceptors (Lipinski definition) is 7. The van der Waals surface area contributed by atoms with Gasteiger partial charge in [0.1, 0.15) is 16.5 Å². The van der Waals surface area contributed by atoms with E-state index in [9.17, 15) is 9.59 Å². The van der Waals surface area contributed by atoms with Gasteiger partial charge in [0.15, 0.2) is 6.61 Å². The van der Waals surface area contributed by atoms with Gasteiger partial charge in [-0.1, -0.05) is 11.6 Å². The molecule has 148 valence electrons. The Bertz CT molecular complexity index is 907. The fourth-order valence-electron chi connectivity index (χ4n) is 2.51.